The van der Waals surface area contributed by atoms with Crippen molar-refractivity contribution >= 4 is 5.97 Å². The van der Waals surface area contributed by atoms with Gasteiger partial charge in [0.2, 0.25) is 0 Å². The van der Waals surface area contributed by atoms with Crippen LogP contribution in [0, 0.1) is 0 Å². The summed E-state index contributed by atoms with van der Waals surface area (Å²) >= 11 is 0. The van der Waals surface area contributed by atoms with Gasteiger partial charge in [0.15, 0.2) is 5.75 Å². The lowest BCUT2D eigenvalue weighted by Crippen LogP contribution is -2.18. The lowest BCUT2D eigenvalue weighted by Gasteiger charge is -2.14. The van der Waals surface area contributed by atoms with E-state index in [1.54, 1.807) is 26.8 Å². The standard InChI is InChI=1S/C24H38O6/c1-5-9-10-11-12-13-14-17-20-18-15-16-19-21(20)29-30-23(25)22(26-6-2)24(27-7-3)28-8-4/h15-16,18-19H,5-14,17H2,1-4H3. The Morgan fingerprint density at radius 2 is 1.37 bits per heavy atom. The first-order chi connectivity index (χ1) is 14.7. The molecule has 1 rings (SSSR count). The van der Waals surface area contributed by atoms with Crippen molar-refractivity contribution < 1.29 is 28.8 Å². The molecule has 0 spiro atoms. The van der Waals surface area contributed by atoms with E-state index in [9.17, 15) is 4.79 Å². The third kappa shape index (κ3) is 9.90. The van der Waals surface area contributed by atoms with Crippen LogP contribution in [0.5, 0.6) is 5.75 Å². The van der Waals surface area contributed by atoms with Gasteiger partial charge in [-0.05, 0) is 45.2 Å². The lowest BCUT2D eigenvalue weighted by atomic mass is 10.0. The summed E-state index contributed by atoms with van der Waals surface area (Å²) in [5, 5.41) is 0. The Hall–Kier alpha value is -2.37. The van der Waals surface area contributed by atoms with E-state index < -0.39 is 5.97 Å². The van der Waals surface area contributed by atoms with Gasteiger partial charge in [0, 0.05) is 0 Å². The highest BCUT2D eigenvalue weighted by molar-refractivity contribution is 5.86. The van der Waals surface area contributed by atoms with Crippen molar-refractivity contribution in [3.05, 3.63) is 41.5 Å². The SMILES string of the molecule is CCCCCCCCCc1ccccc1OOC(=O)C(OCC)=C(OCC)OCC. The highest BCUT2D eigenvalue weighted by atomic mass is 17.2. The molecule has 0 saturated carbocycles. The first-order valence-corrected chi connectivity index (χ1v) is 11.3. The molecule has 0 aromatic heterocycles. The summed E-state index contributed by atoms with van der Waals surface area (Å²) in [6, 6.07) is 7.59. The fraction of sp³-hybridized carbons (Fsp3) is 0.625. The molecule has 30 heavy (non-hydrogen) atoms. The maximum atomic E-state index is 12.5. The molecule has 0 unspecified atom stereocenters. The second-order valence-electron chi connectivity index (χ2n) is 6.85. The van der Waals surface area contributed by atoms with Crippen molar-refractivity contribution in [3.8, 4) is 5.75 Å². The van der Waals surface area contributed by atoms with Gasteiger partial charge in [-0.1, -0.05) is 63.6 Å². The van der Waals surface area contributed by atoms with Crippen LogP contribution in [0.2, 0.25) is 0 Å². The number of hydrogen-bond donors (Lipinski definition) is 0. The van der Waals surface area contributed by atoms with Crippen molar-refractivity contribution in [3.63, 3.8) is 0 Å². The molecule has 0 radical (unpaired) electrons. The molecule has 0 aliphatic carbocycles. The third-order valence-electron chi connectivity index (χ3n) is 4.44. The average Bonchev–Trinajstić information content (AvgIpc) is 2.76. The largest absolute Gasteiger partial charge is 0.482 e. The molecular weight excluding hydrogens is 384 g/mol. The zero-order chi connectivity index (χ0) is 22.0. The quantitative estimate of drug-likeness (QED) is 0.0994. The minimum atomic E-state index is -0.792. The van der Waals surface area contributed by atoms with E-state index >= 15 is 0 Å². The van der Waals surface area contributed by atoms with Gasteiger partial charge in [0.25, 0.3) is 5.76 Å². The average molecular weight is 423 g/mol. The number of para-hydroxylation sites is 1. The Bertz CT molecular complexity index is 618. The molecule has 0 aliphatic rings. The predicted molar refractivity (Wildman–Crippen MR) is 117 cm³/mol. The molecule has 0 saturated heterocycles. The molecule has 0 amide bonds. The zero-order valence-corrected chi connectivity index (χ0v) is 19.0. The minimum absolute atomic E-state index is 0.00630. The number of carbonyl (C=O) groups excluding carboxylic acids is 1. The summed E-state index contributed by atoms with van der Waals surface area (Å²) in [6.07, 6.45) is 9.56. The number of carbonyl (C=O) groups is 1. The fourth-order valence-electron chi connectivity index (χ4n) is 2.97. The lowest BCUT2D eigenvalue weighted by molar-refractivity contribution is -0.213. The molecule has 0 atom stereocenters. The normalized spacial score (nSPS) is 10.3. The van der Waals surface area contributed by atoms with Gasteiger partial charge in [0.05, 0.1) is 19.8 Å². The molecule has 170 valence electrons. The van der Waals surface area contributed by atoms with Crippen molar-refractivity contribution in [1.82, 2.24) is 0 Å². The van der Waals surface area contributed by atoms with Crippen LogP contribution in [-0.2, 0) is 30.3 Å². The van der Waals surface area contributed by atoms with Crippen LogP contribution in [-0.4, -0.2) is 25.8 Å². The monoisotopic (exact) mass is 422 g/mol. The van der Waals surface area contributed by atoms with Gasteiger partial charge in [0.1, 0.15) is 0 Å². The first-order valence-electron chi connectivity index (χ1n) is 11.3. The Morgan fingerprint density at radius 3 is 2.00 bits per heavy atom. The number of rotatable bonds is 17. The maximum absolute atomic E-state index is 12.5. The number of hydrogen-bond acceptors (Lipinski definition) is 6. The molecular formula is C24H38O6. The number of benzene rings is 1. The fourth-order valence-corrected chi connectivity index (χ4v) is 2.97. The maximum Gasteiger partial charge on any atom is 0.427 e. The topological polar surface area (TPSA) is 63.2 Å². The highest BCUT2D eigenvalue weighted by Crippen LogP contribution is 2.22. The number of unbranched alkanes of at least 4 members (excludes halogenated alkanes) is 6. The van der Waals surface area contributed by atoms with Crippen molar-refractivity contribution in [1.29, 1.82) is 0 Å². The van der Waals surface area contributed by atoms with Crippen molar-refractivity contribution in [2.75, 3.05) is 19.8 Å². The van der Waals surface area contributed by atoms with Gasteiger partial charge in [-0.15, -0.1) is 0 Å². The Kier molecular flexibility index (Phi) is 14.1. The second kappa shape index (κ2) is 16.4. The van der Waals surface area contributed by atoms with Crippen LogP contribution >= 0.6 is 0 Å². The number of ether oxygens (including phenoxy) is 3. The third-order valence-corrected chi connectivity index (χ3v) is 4.44. The molecule has 6 nitrogen and oxygen atoms in total. The number of aryl methyl sites for hydroxylation is 1. The van der Waals surface area contributed by atoms with Crippen LogP contribution < -0.4 is 4.89 Å². The molecule has 1 aromatic rings. The van der Waals surface area contributed by atoms with E-state index in [0.717, 1.165) is 18.4 Å². The van der Waals surface area contributed by atoms with Gasteiger partial charge in [-0.25, -0.2) is 9.68 Å². The summed E-state index contributed by atoms with van der Waals surface area (Å²) in [6.45, 7) is 8.52. The van der Waals surface area contributed by atoms with Crippen LogP contribution in [0.4, 0.5) is 0 Å². The van der Waals surface area contributed by atoms with E-state index in [4.69, 9.17) is 24.0 Å². The molecule has 0 bridgehead atoms. The molecule has 0 heterocycles. The molecule has 0 N–H and O–H groups in total. The Labute approximate surface area is 181 Å². The van der Waals surface area contributed by atoms with E-state index in [1.165, 1.54) is 38.5 Å². The summed E-state index contributed by atoms with van der Waals surface area (Å²) in [5.41, 5.74) is 1.01. The minimum Gasteiger partial charge on any atom is -0.482 e. The van der Waals surface area contributed by atoms with Crippen LogP contribution in [0.3, 0.4) is 0 Å². The first kappa shape index (κ1) is 25.7. The van der Waals surface area contributed by atoms with Gasteiger partial charge < -0.3 is 14.2 Å². The second-order valence-corrected chi connectivity index (χ2v) is 6.85. The van der Waals surface area contributed by atoms with Gasteiger partial charge in [-0.3, -0.25) is 4.89 Å². The van der Waals surface area contributed by atoms with Gasteiger partial charge >= 0.3 is 11.9 Å². The summed E-state index contributed by atoms with van der Waals surface area (Å²) in [7, 11) is 0. The highest BCUT2D eigenvalue weighted by Gasteiger charge is 2.24. The van der Waals surface area contributed by atoms with Crippen molar-refractivity contribution in [2.45, 2.75) is 79.1 Å². The van der Waals surface area contributed by atoms with Crippen LogP contribution in [0.1, 0.15) is 78.2 Å². The Balaban J connectivity index is 2.65. The molecule has 0 fully saturated rings. The smallest absolute Gasteiger partial charge is 0.427 e. The van der Waals surface area contributed by atoms with E-state index in [1.807, 2.05) is 18.2 Å². The molecule has 0 aliphatic heterocycles. The molecule has 1 aromatic carbocycles. The van der Waals surface area contributed by atoms with E-state index in [-0.39, 0.29) is 18.3 Å². The zero-order valence-electron chi connectivity index (χ0n) is 19.0. The molecule has 6 heteroatoms. The predicted octanol–water partition coefficient (Wildman–Crippen LogP) is 6.10. The Morgan fingerprint density at radius 1 is 0.767 bits per heavy atom. The van der Waals surface area contributed by atoms with Crippen LogP contribution in [0.15, 0.2) is 36.0 Å². The summed E-state index contributed by atoms with van der Waals surface area (Å²) in [5.74, 6) is -0.390. The van der Waals surface area contributed by atoms with E-state index in [2.05, 4.69) is 6.92 Å². The van der Waals surface area contributed by atoms with Gasteiger partial charge in [-0.2, -0.15) is 0 Å². The summed E-state index contributed by atoms with van der Waals surface area (Å²) < 4.78 is 16.1. The van der Waals surface area contributed by atoms with E-state index in [0.29, 0.717) is 19.0 Å². The van der Waals surface area contributed by atoms with Crippen LogP contribution in [0.25, 0.3) is 0 Å². The summed E-state index contributed by atoms with van der Waals surface area (Å²) in [4.78, 5) is 22.9. The van der Waals surface area contributed by atoms with Crippen molar-refractivity contribution in [2.24, 2.45) is 0 Å².